The summed E-state index contributed by atoms with van der Waals surface area (Å²) in [6.45, 7) is 18.3. The van der Waals surface area contributed by atoms with Crippen molar-refractivity contribution in [3.63, 3.8) is 0 Å². The first-order valence-electron chi connectivity index (χ1n) is 14.4. The molecule has 1 heterocycles. The molecule has 9 nitrogen and oxygen atoms in total. The molecule has 2 rings (SSSR count). The molecule has 1 fully saturated rings. The molecule has 0 aromatic heterocycles. The van der Waals surface area contributed by atoms with Gasteiger partial charge in [0.15, 0.2) is 0 Å². The molecule has 0 aliphatic carbocycles. The topological polar surface area (TPSA) is 117 Å². The lowest BCUT2D eigenvalue weighted by molar-refractivity contribution is -0.139. The molecular formula is C29H53N6O3P. The smallest absolute Gasteiger partial charge is 0.271 e. The summed E-state index contributed by atoms with van der Waals surface area (Å²) in [6, 6.07) is 7.55. The van der Waals surface area contributed by atoms with Crippen LogP contribution in [0.2, 0.25) is 0 Å². The molecule has 5 N–H and O–H groups in total. The number of hydrogen-bond donors (Lipinski definition) is 3. The van der Waals surface area contributed by atoms with Crippen molar-refractivity contribution in [3.05, 3.63) is 35.7 Å². The van der Waals surface area contributed by atoms with Crippen molar-refractivity contribution >= 4 is 32.0 Å². The zero-order valence-corrected chi connectivity index (χ0v) is 26.4. The molecule has 0 bridgehead atoms. The van der Waals surface area contributed by atoms with E-state index in [0.29, 0.717) is 58.1 Å². The van der Waals surface area contributed by atoms with E-state index in [1.165, 1.54) is 5.01 Å². The summed E-state index contributed by atoms with van der Waals surface area (Å²) in [6.07, 6.45) is 1.27. The van der Waals surface area contributed by atoms with Crippen molar-refractivity contribution in [2.75, 3.05) is 50.9 Å². The highest BCUT2D eigenvalue weighted by Gasteiger charge is 2.28. The van der Waals surface area contributed by atoms with Gasteiger partial charge in [0, 0.05) is 38.8 Å². The second kappa shape index (κ2) is 18.2. The quantitative estimate of drug-likeness (QED) is 0.146. The van der Waals surface area contributed by atoms with Crippen LogP contribution in [-0.2, 0) is 14.3 Å². The van der Waals surface area contributed by atoms with Gasteiger partial charge in [0.25, 0.3) is 5.91 Å². The molecule has 3 unspecified atom stereocenters. The van der Waals surface area contributed by atoms with E-state index in [4.69, 9.17) is 16.3 Å². The fraction of sp³-hybridized carbons (Fsp3) is 0.655. The Kier molecular flexibility index (Phi) is 16.3. The summed E-state index contributed by atoms with van der Waals surface area (Å²) >= 11 is 0. The highest BCUT2D eigenvalue weighted by Crippen LogP contribution is 2.20. The molecule has 0 saturated carbocycles. The van der Waals surface area contributed by atoms with Crippen molar-refractivity contribution in [1.82, 2.24) is 15.1 Å². The number of nitrogens with two attached hydrogens (primary N) is 2. The maximum Gasteiger partial charge on any atom is 0.271 e. The predicted molar refractivity (Wildman–Crippen MR) is 165 cm³/mol. The molecule has 1 aromatic carbocycles. The lowest BCUT2D eigenvalue weighted by atomic mass is 10.0. The van der Waals surface area contributed by atoms with Crippen LogP contribution in [0.4, 0.5) is 5.69 Å². The first-order chi connectivity index (χ1) is 18.6. The maximum absolute atomic E-state index is 13.7. The number of amides is 2. The van der Waals surface area contributed by atoms with Gasteiger partial charge < -0.3 is 25.6 Å². The monoisotopic (exact) mass is 564 g/mol. The van der Waals surface area contributed by atoms with Gasteiger partial charge in [-0.1, -0.05) is 59.7 Å². The molecule has 0 spiro atoms. The number of rotatable bonds is 13. The van der Waals surface area contributed by atoms with E-state index in [9.17, 15) is 9.59 Å². The number of anilines is 1. The van der Waals surface area contributed by atoms with E-state index in [0.717, 1.165) is 17.4 Å². The molecule has 3 atom stereocenters. The number of para-hydroxylation sites is 1. The van der Waals surface area contributed by atoms with Crippen LogP contribution in [0.5, 0.6) is 0 Å². The Hall–Kier alpha value is -2.19. The SMILES string of the molecule is CC.CC/C(=C(/N)C(=O)N(CC(C)C)C(C)CNCC(CC)C(=O)N1CCOCC1)N(N)c1ccccc1P. The maximum atomic E-state index is 13.7. The van der Waals surface area contributed by atoms with Crippen molar-refractivity contribution in [2.45, 2.75) is 67.3 Å². The fourth-order valence-corrected chi connectivity index (χ4v) is 4.85. The van der Waals surface area contributed by atoms with Gasteiger partial charge in [-0.3, -0.25) is 14.6 Å². The van der Waals surface area contributed by atoms with E-state index >= 15 is 0 Å². The molecule has 39 heavy (non-hydrogen) atoms. The Bertz CT molecular complexity index is 920. The minimum absolute atomic E-state index is 0.103. The second-order valence-electron chi connectivity index (χ2n) is 10.0. The highest BCUT2D eigenvalue weighted by molar-refractivity contribution is 7.28. The number of hydrazine groups is 1. The van der Waals surface area contributed by atoms with Gasteiger partial charge in [-0.05, 0) is 37.1 Å². The molecular weight excluding hydrogens is 511 g/mol. The lowest BCUT2D eigenvalue weighted by Crippen LogP contribution is -2.50. The average Bonchev–Trinajstić information content (AvgIpc) is 2.95. The summed E-state index contributed by atoms with van der Waals surface area (Å²) < 4.78 is 5.37. The molecule has 1 aliphatic rings. The summed E-state index contributed by atoms with van der Waals surface area (Å²) in [4.78, 5) is 30.3. The zero-order valence-electron chi connectivity index (χ0n) is 25.2. The Balaban J connectivity index is 0.00000371. The van der Waals surface area contributed by atoms with Gasteiger partial charge >= 0.3 is 0 Å². The number of carbonyl (C=O) groups excluding carboxylic acids is 2. The lowest BCUT2D eigenvalue weighted by Gasteiger charge is -2.33. The van der Waals surface area contributed by atoms with Gasteiger partial charge in [-0.15, -0.1) is 9.24 Å². The number of nitrogens with zero attached hydrogens (tertiary/aromatic N) is 3. The number of nitrogens with one attached hydrogen (secondary N) is 1. The molecule has 1 aromatic rings. The number of carbonyl (C=O) groups is 2. The third-order valence-electron chi connectivity index (χ3n) is 6.71. The fourth-order valence-electron chi connectivity index (χ4n) is 4.50. The average molecular weight is 565 g/mol. The van der Waals surface area contributed by atoms with Crippen LogP contribution in [-0.4, -0.2) is 73.6 Å². The van der Waals surface area contributed by atoms with Crippen LogP contribution < -0.4 is 27.2 Å². The molecule has 1 aliphatic heterocycles. The molecule has 1 saturated heterocycles. The van der Waals surface area contributed by atoms with E-state index in [1.807, 2.05) is 68.7 Å². The first-order valence-corrected chi connectivity index (χ1v) is 15.0. The van der Waals surface area contributed by atoms with Crippen molar-refractivity contribution in [1.29, 1.82) is 0 Å². The van der Waals surface area contributed by atoms with Gasteiger partial charge in [-0.2, -0.15) is 0 Å². The summed E-state index contributed by atoms with van der Waals surface area (Å²) in [5.74, 6) is 6.54. The van der Waals surface area contributed by atoms with E-state index < -0.39 is 0 Å². The Morgan fingerprint density at radius 3 is 2.26 bits per heavy atom. The summed E-state index contributed by atoms with van der Waals surface area (Å²) in [5.41, 5.74) is 7.99. The van der Waals surface area contributed by atoms with Crippen LogP contribution >= 0.6 is 9.24 Å². The zero-order chi connectivity index (χ0) is 29.5. The minimum atomic E-state index is -0.229. The van der Waals surface area contributed by atoms with E-state index in [1.54, 1.807) is 0 Å². The van der Waals surface area contributed by atoms with E-state index in [2.05, 4.69) is 28.4 Å². The van der Waals surface area contributed by atoms with Crippen LogP contribution in [0.25, 0.3) is 0 Å². The molecule has 0 radical (unpaired) electrons. The third-order valence-corrected chi connectivity index (χ3v) is 7.20. The molecule has 10 heteroatoms. The molecule has 2 amide bonds. The Morgan fingerprint density at radius 2 is 1.72 bits per heavy atom. The number of ether oxygens (including phenoxy) is 1. The van der Waals surface area contributed by atoms with Gasteiger partial charge in [0.2, 0.25) is 5.91 Å². The van der Waals surface area contributed by atoms with E-state index in [-0.39, 0.29) is 35.4 Å². The number of hydrogen-bond acceptors (Lipinski definition) is 7. The number of allylic oxidation sites excluding steroid dienone is 1. The predicted octanol–water partition coefficient (Wildman–Crippen LogP) is 2.82. The first kappa shape index (κ1) is 34.8. The molecule has 222 valence electrons. The summed E-state index contributed by atoms with van der Waals surface area (Å²) in [7, 11) is 2.67. The normalized spacial score (nSPS) is 15.6. The van der Waals surface area contributed by atoms with Crippen molar-refractivity contribution < 1.29 is 14.3 Å². The standard InChI is InChI=1S/C27H47N6O3P.C2H6/c1-6-21(26(34)31-12-14-36-15-13-31)17-30-16-20(5)32(18-19(3)4)27(35)25(28)22(7-2)33(29)23-10-8-9-11-24(23)37;1-2/h8-11,19-21,30H,6-7,12-18,28-29,37H2,1-5H3;1-2H3/b25-22-;. The second-order valence-corrected chi connectivity index (χ2v) is 10.7. The van der Waals surface area contributed by atoms with Gasteiger partial charge in [-0.25, -0.2) is 5.84 Å². The Labute approximate surface area is 238 Å². The van der Waals surface area contributed by atoms with Crippen molar-refractivity contribution in [3.8, 4) is 0 Å². The summed E-state index contributed by atoms with van der Waals surface area (Å²) in [5, 5.41) is 5.87. The number of benzene rings is 1. The van der Waals surface area contributed by atoms with Crippen LogP contribution in [0.1, 0.15) is 61.3 Å². The third kappa shape index (κ3) is 10.4. The van der Waals surface area contributed by atoms with Gasteiger partial charge in [0.1, 0.15) is 5.70 Å². The Morgan fingerprint density at radius 1 is 1.10 bits per heavy atom. The van der Waals surface area contributed by atoms with Crippen LogP contribution in [0.3, 0.4) is 0 Å². The highest BCUT2D eigenvalue weighted by atomic mass is 31.0. The van der Waals surface area contributed by atoms with Crippen LogP contribution in [0, 0.1) is 11.8 Å². The largest absolute Gasteiger partial charge is 0.393 e. The number of morpholine rings is 1. The van der Waals surface area contributed by atoms with Crippen LogP contribution in [0.15, 0.2) is 35.7 Å². The minimum Gasteiger partial charge on any atom is -0.393 e. The van der Waals surface area contributed by atoms with Gasteiger partial charge in [0.05, 0.1) is 30.5 Å². The van der Waals surface area contributed by atoms with Crippen molar-refractivity contribution in [2.24, 2.45) is 23.4 Å².